The Hall–Kier alpha value is -2.38. The van der Waals surface area contributed by atoms with Gasteiger partial charge in [0.1, 0.15) is 10.7 Å². The minimum atomic E-state index is -4.10. The van der Waals surface area contributed by atoms with Gasteiger partial charge in [0.05, 0.1) is 21.5 Å². The normalized spacial score (nSPS) is 19.2. The summed E-state index contributed by atoms with van der Waals surface area (Å²) in [6, 6.07) is 8.57. The van der Waals surface area contributed by atoms with E-state index < -0.39 is 21.1 Å². The van der Waals surface area contributed by atoms with E-state index in [0.717, 1.165) is 25.9 Å². The monoisotopic (exact) mass is 490 g/mol. The van der Waals surface area contributed by atoms with Crippen LogP contribution in [0.1, 0.15) is 33.6 Å². The number of hydrogen-bond acceptors (Lipinski definition) is 4. The molecule has 3 aromatic rings. The number of sulfone groups is 1. The summed E-state index contributed by atoms with van der Waals surface area (Å²) in [4.78, 5) is 15.0. The number of nitrogens with zero attached hydrogens (tertiary/aromatic N) is 2. The zero-order chi connectivity index (χ0) is 23.9. The summed E-state index contributed by atoms with van der Waals surface area (Å²) in [6.45, 7) is 8.26. The smallest absolute Gasteiger partial charge is 0.211 e. The maximum Gasteiger partial charge on any atom is 0.211 e. The highest BCUT2D eigenvalue weighted by Gasteiger charge is 2.27. The maximum atomic E-state index is 15.3. The Balaban J connectivity index is 1.91. The predicted octanol–water partition coefficient (Wildman–Crippen LogP) is 5.52. The predicted molar refractivity (Wildman–Crippen MR) is 131 cm³/mol. The topological polar surface area (TPSA) is 59.4 Å². The van der Waals surface area contributed by atoms with E-state index in [1.165, 1.54) is 36.5 Å². The van der Waals surface area contributed by atoms with E-state index >= 15 is 4.39 Å². The Morgan fingerprint density at radius 1 is 1.09 bits per heavy atom. The van der Waals surface area contributed by atoms with Crippen molar-refractivity contribution in [3.63, 3.8) is 0 Å². The van der Waals surface area contributed by atoms with Crippen LogP contribution in [0.5, 0.6) is 0 Å². The van der Waals surface area contributed by atoms with Crippen molar-refractivity contribution in [2.24, 2.45) is 11.8 Å². The van der Waals surface area contributed by atoms with Crippen LogP contribution in [-0.2, 0) is 16.4 Å². The van der Waals surface area contributed by atoms with Crippen LogP contribution in [0.4, 0.5) is 10.1 Å². The molecule has 1 fully saturated rings. The lowest BCUT2D eigenvalue weighted by Crippen LogP contribution is -2.39. The maximum absolute atomic E-state index is 15.3. The molecule has 0 radical (unpaired) electrons. The van der Waals surface area contributed by atoms with Crippen LogP contribution in [0, 0.1) is 17.7 Å². The van der Waals surface area contributed by atoms with Gasteiger partial charge in [0.2, 0.25) is 15.3 Å². The van der Waals surface area contributed by atoms with E-state index in [1.807, 2.05) is 11.8 Å². The average Bonchev–Trinajstić information content (AvgIpc) is 2.75. The van der Waals surface area contributed by atoms with Gasteiger partial charge in [-0.2, -0.15) is 0 Å². The van der Waals surface area contributed by atoms with Gasteiger partial charge in [-0.1, -0.05) is 32.4 Å². The second-order valence-corrected chi connectivity index (χ2v) is 11.5. The first-order valence-corrected chi connectivity index (χ1v) is 13.1. The van der Waals surface area contributed by atoms with Gasteiger partial charge in [-0.15, -0.1) is 0 Å². The average molecular weight is 491 g/mol. The van der Waals surface area contributed by atoms with Crippen LogP contribution >= 0.6 is 11.6 Å². The fourth-order valence-corrected chi connectivity index (χ4v) is 6.33. The van der Waals surface area contributed by atoms with Crippen molar-refractivity contribution in [3.8, 4) is 0 Å². The minimum Gasteiger partial charge on any atom is -0.369 e. The lowest BCUT2D eigenvalue weighted by Gasteiger charge is -2.37. The molecule has 8 heteroatoms. The van der Waals surface area contributed by atoms with E-state index in [1.54, 1.807) is 10.6 Å². The third-order valence-electron chi connectivity index (χ3n) is 6.20. The van der Waals surface area contributed by atoms with Crippen LogP contribution in [0.25, 0.3) is 10.9 Å². The number of aryl methyl sites for hydroxylation is 1. The standard InChI is InChI=1S/C25H28ClFN2O3S/c1-4-9-28-15-24(33(31,32)19-7-5-18(26)6-8-19)25(30)20-11-21(27)23(12-22(20)28)29-13-16(2)10-17(3)14-29/h5-8,11-12,15-17H,4,9-10,13-14H2,1-3H3/t16-,17-/m1/s1. The fourth-order valence-electron chi connectivity index (χ4n) is 4.83. The van der Waals surface area contributed by atoms with Crippen molar-refractivity contribution in [1.29, 1.82) is 0 Å². The minimum absolute atomic E-state index is 0.0280. The number of benzene rings is 2. The molecule has 0 amide bonds. The molecule has 2 aromatic carbocycles. The van der Waals surface area contributed by atoms with Crippen LogP contribution in [0.2, 0.25) is 5.02 Å². The highest BCUT2D eigenvalue weighted by atomic mass is 35.5. The number of halogens is 2. The van der Waals surface area contributed by atoms with Crippen LogP contribution in [-0.4, -0.2) is 26.1 Å². The van der Waals surface area contributed by atoms with Crippen LogP contribution in [0.3, 0.4) is 0 Å². The number of rotatable bonds is 5. The summed E-state index contributed by atoms with van der Waals surface area (Å²) in [5, 5.41) is 0.463. The van der Waals surface area contributed by atoms with Gasteiger partial charge in [0.25, 0.3) is 0 Å². The molecule has 1 aliphatic heterocycles. The molecule has 4 rings (SSSR count). The fraction of sp³-hybridized carbons (Fsp3) is 0.400. The zero-order valence-corrected chi connectivity index (χ0v) is 20.6. The molecule has 0 unspecified atom stereocenters. The van der Waals surface area contributed by atoms with Gasteiger partial charge in [-0.3, -0.25) is 4.79 Å². The quantitative estimate of drug-likeness (QED) is 0.472. The van der Waals surface area contributed by atoms with Gasteiger partial charge in [0.15, 0.2) is 0 Å². The Morgan fingerprint density at radius 2 is 1.73 bits per heavy atom. The summed E-state index contributed by atoms with van der Waals surface area (Å²) < 4.78 is 43.6. The molecule has 5 nitrogen and oxygen atoms in total. The number of anilines is 1. The molecule has 33 heavy (non-hydrogen) atoms. The summed E-state index contributed by atoms with van der Waals surface area (Å²) >= 11 is 5.89. The summed E-state index contributed by atoms with van der Waals surface area (Å²) in [5.41, 5.74) is 0.302. The van der Waals surface area contributed by atoms with E-state index in [0.29, 0.717) is 34.6 Å². The highest BCUT2D eigenvalue weighted by Crippen LogP contribution is 2.32. The van der Waals surface area contributed by atoms with E-state index in [9.17, 15) is 13.2 Å². The first-order chi connectivity index (χ1) is 15.6. The van der Waals surface area contributed by atoms with E-state index in [-0.39, 0.29) is 15.2 Å². The molecule has 0 bridgehead atoms. The number of piperidine rings is 1. The number of pyridine rings is 1. The van der Waals surface area contributed by atoms with E-state index in [4.69, 9.17) is 11.6 Å². The van der Waals surface area contributed by atoms with Gasteiger partial charge in [-0.25, -0.2) is 12.8 Å². The SMILES string of the molecule is CCCn1cc(S(=O)(=O)c2ccc(Cl)cc2)c(=O)c2cc(F)c(N3C[C@H](C)C[C@@H](C)C3)cc21. The molecule has 2 atom stereocenters. The number of aromatic nitrogens is 1. The first kappa shape index (κ1) is 23.8. The largest absolute Gasteiger partial charge is 0.369 e. The molecule has 1 saturated heterocycles. The van der Waals surface area contributed by atoms with Gasteiger partial charge < -0.3 is 9.47 Å². The summed E-state index contributed by atoms with van der Waals surface area (Å²) in [7, 11) is -4.10. The number of fused-ring (bicyclic) bond motifs is 1. The molecule has 0 spiro atoms. The zero-order valence-electron chi connectivity index (χ0n) is 19.0. The second kappa shape index (κ2) is 9.11. The summed E-state index contributed by atoms with van der Waals surface area (Å²) in [5.74, 6) is 0.368. The molecule has 176 valence electrons. The Bertz CT molecular complexity index is 1340. The van der Waals surface area contributed by atoms with Crippen molar-refractivity contribution in [2.75, 3.05) is 18.0 Å². The van der Waals surface area contributed by atoms with Gasteiger partial charge >= 0.3 is 0 Å². The Labute approximate surface area is 198 Å². The van der Waals surface area contributed by atoms with Gasteiger partial charge in [-0.05, 0) is 61.1 Å². The van der Waals surface area contributed by atoms with Crippen molar-refractivity contribution >= 4 is 38.0 Å². The molecule has 2 heterocycles. The van der Waals surface area contributed by atoms with Crippen molar-refractivity contribution in [1.82, 2.24) is 4.57 Å². The lowest BCUT2D eigenvalue weighted by molar-refractivity contribution is 0.354. The number of hydrogen-bond donors (Lipinski definition) is 0. The van der Waals surface area contributed by atoms with Crippen molar-refractivity contribution in [2.45, 2.75) is 49.9 Å². The molecular weight excluding hydrogens is 463 g/mol. The highest BCUT2D eigenvalue weighted by molar-refractivity contribution is 7.91. The molecule has 1 aliphatic rings. The molecule has 0 N–H and O–H groups in total. The van der Waals surface area contributed by atoms with Crippen LogP contribution < -0.4 is 10.3 Å². The third kappa shape index (κ3) is 4.53. The molecule has 0 saturated carbocycles. The third-order valence-corrected chi connectivity index (χ3v) is 8.22. The molecule has 0 aliphatic carbocycles. The summed E-state index contributed by atoms with van der Waals surface area (Å²) in [6.07, 6.45) is 3.21. The first-order valence-electron chi connectivity index (χ1n) is 11.2. The second-order valence-electron chi connectivity index (χ2n) is 9.15. The van der Waals surface area contributed by atoms with E-state index in [2.05, 4.69) is 13.8 Å². The van der Waals surface area contributed by atoms with Crippen molar-refractivity contribution in [3.05, 3.63) is 63.7 Å². The van der Waals surface area contributed by atoms with Crippen LogP contribution in [0.15, 0.2) is 57.2 Å². The van der Waals surface area contributed by atoms with Gasteiger partial charge in [0, 0.05) is 30.9 Å². The Kier molecular flexibility index (Phi) is 6.56. The molecule has 1 aromatic heterocycles. The molecular formula is C25H28ClFN2O3S. The lowest BCUT2D eigenvalue weighted by atomic mass is 9.91. The van der Waals surface area contributed by atoms with Crippen molar-refractivity contribution < 1.29 is 12.8 Å². The Morgan fingerprint density at radius 3 is 2.33 bits per heavy atom.